The molecule has 1 fully saturated rings. The molecule has 0 aromatic heterocycles. The third-order valence-corrected chi connectivity index (χ3v) is 7.64. The number of hydrogen-bond donors (Lipinski definition) is 1. The molecule has 0 saturated carbocycles. The molecule has 1 aliphatic heterocycles. The molecule has 1 saturated heterocycles. The number of aryl methyl sites for hydroxylation is 1. The molecule has 3 rings (SSSR count). The largest absolute Gasteiger partial charge is 0.497 e. The summed E-state index contributed by atoms with van der Waals surface area (Å²) in [6.07, 6.45) is 2.53. The Morgan fingerprint density at radius 2 is 1.66 bits per heavy atom. The van der Waals surface area contributed by atoms with Crippen molar-refractivity contribution in [3.8, 4) is 5.75 Å². The maximum Gasteiger partial charge on any atom is 0.220 e. The van der Waals surface area contributed by atoms with Crippen molar-refractivity contribution in [2.45, 2.75) is 25.7 Å². The highest BCUT2D eigenvalue weighted by Crippen LogP contribution is 2.21. The summed E-state index contributed by atoms with van der Waals surface area (Å²) in [5.74, 6) is 0.838. The first-order valence-corrected chi connectivity index (χ1v) is 12.8. The Morgan fingerprint density at radius 1 is 0.969 bits per heavy atom. The molecule has 0 unspecified atom stereocenters. The fourth-order valence-corrected chi connectivity index (χ4v) is 5.30. The Labute approximate surface area is 191 Å². The third-order valence-electron chi connectivity index (χ3n) is 5.68. The van der Waals surface area contributed by atoms with Crippen molar-refractivity contribution in [3.63, 3.8) is 0 Å². The number of rotatable bonds is 11. The molecule has 7 nitrogen and oxygen atoms in total. The fourth-order valence-electron chi connectivity index (χ4n) is 3.82. The second-order valence-electron chi connectivity index (χ2n) is 7.94. The summed E-state index contributed by atoms with van der Waals surface area (Å²) in [7, 11) is -1.68. The van der Waals surface area contributed by atoms with Crippen LogP contribution in [0.5, 0.6) is 5.75 Å². The molecule has 0 spiro atoms. The molecule has 0 radical (unpaired) electrons. The van der Waals surface area contributed by atoms with Crippen molar-refractivity contribution in [2.24, 2.45) is 0 Å². The summed E-state index contributed by atoms with van der Waals surface area (Å²) in [5.41, 5.74) is 2.29. The Balaban J connectivity index is 1.32. The van der Waals surface area contributed by atoms with Crippen LogP contribution in [-0.4, -0.2) is 64.2 Å². The van der Waals surface area contributed by atoms with Crippen LogP contribution >= 0.6 is 0 Å². The van der Waals surface area contributed by atoms with Gasteiger partial charge in [-0.25, -0.2) is 8.42 Å². The Morgan fingerprint density at radius 3 is 2.31 bits per heavy atom. The van der Waals surface area contributed by atoms with Crippen molar-refractivity contribution in [1.82, 2.24) is 9.62 Å². The SMILES string of the molecule is COc1ccc(N2CCN(S(=O)(=O)CCCNC(=O)CCCc3ccccc3)CC2)cc1. The molecule has 32 heavy (non-hydrogen) atoms. The number of carbonyl (C=O) groups excluding carboxylic acids is 1. The van der Waals surface area contributed by atoms with Gasteiger partial charge in [-0.05, 0) is 49.1 Å². The average molecular weight is 460 g/mol. The van der Waals surface area contributed by atoms with Gasteiger partial charge in [0, 0.05) is 44.8 Å². The van der Waals surface area contributed by atoms with Crippen LogP contribution < -0.4 is 15.0 Å². The average Bonchev–Trinajstić information content (AvgIpc) is 2.83. The second kappa shape index (κ2) is 11.9. The molecule has 8 heteroatoms. The number of benzene rings is 2. The quantitative estimate of drug-likeness (QED) is 0.523. The van der Waals surface area contributed by atoms with Gasteiger partial charge >= 0.3 is 0 Å². The number of piperazine rings is 1. The van der Waals surface area contributed by atoms with Crippen molar-refractivity contribution in [2.75, 3.05) is 50.5 Å². The lowest BCUT2D eigenvalue weighted by Gasteiger charge is -2.35. The highest BCUT2D eigenvalue weighted by Gasteiger charge is 2.26. The predicted molar refractivity (Wildman–Crippen MR) is 128 cm³/mol. The Hall–Kier alpha value is -2.58. The Kier molecular flexibility index (Phi) is 8.93. The topological polar surface area (TPSA) is 79.0 Å². The highest BCUT2D eigenvalue weighted by molar-refractivity contribution is 7.89. The summed E-state index contributed by atoms with van der Waals surface area (Å²) >= 11 is 0. The van der Waals surface area contributed by atoms with E-state index < -0.39 is 10.0 Å². The lowest BCUT2D eigenvalue weighted by atomic mass is 10.1. The maximum atomic E-state index is 12.7. The van der Waals surface area contributed by atoms with Crippen LogP contribution in [0.2, 0.25) is 0 Å². The molecular formula is C24H33N3O4S. The molecule has 2 aromatic carbocycles. The number of hydrogen-bond acceptors (Lipinski definition) is 5. The van der Waals surface area contributed by atoms with Gasteiger partial charge in [0.2, 0.25) is 15.9 Å². The lowest BCUT2D eigenvalue weighted by Crippen LogP contribution is -2.49. The van der Waals surface area contributed by atoms with Gasteiger partial charge in [0.15, 0.2) is 0 Å². The lowest BCUT2D eigenvalue weighted by molar-refractivity contribution is -0.121. The van der Waals surface area contributed by atoms with E-state index in [0.29, 0.717) is 45.6 Å². The smallest absolute Gasteiger partial charge is 0.220 e. The van der Waals surface area contributed by atoms with E-state index in [1.165, 1.54) is 5.56 Å². The van der Waals surface area contributed by atoms with Crippen molar-refractivity contribution >= 4 is 21.6 Å². The van der Waals surface area contributed by atoms with Gasteiger partial charge in [-0.2, -0.15) is 4.31 Å². The van der Waals surface area contributed by atoms with E-state index in [1.54, 1.807) is 11.4 Å². The van der Waals surface area contributed by atoms with Gasteiger partial charge in [0.1, 0.15) is 5.75 Å². The van der Waals surface area contributed by atoms with Crippen LogP contribution in [-0.2, 0) is 21.2 Å². The molecule has 0 bridgehead atoms. The van der Waals surface area contributed by atoms with Gasteiger partial charge < -0.3 is 15.0 Å². The number of nitrogens with one attached hydrogen (secondary N) is 1. The summed E-state index contributed by atoms with van der Waals surface area (Å²) in [6, 6.07) is 17.9. The number of nitrogens with zero attached hydrogens (tertiary/aromatic N) is 2. The molecule has 1 heterocycles. The van der Waals surface area contributed by atoms with Crippen LogP contribution in [0.1, 0.15) is 24.8 Å². The van der Waals surface area contributed by atoms with Crippen molar-refractivity contribution in [1.29, 1.82) is 0 Å². The molecule has 1 aliphatic rings. The highest BCUT2D eigenvalue weighted by atomic mass is 32.2. The minimum Gasteiger partial charge on any atom is -0.497 e. The van der Waals surface area contributed by atoms with Crippen LogP contribution in [0.25, 0.3) is 0 Å². The van der Waals surface area contributed by atoms with Crippen LogP contribution in [0.3, 0.4) is 0 Å². The summed E-state index contributed by atoms with van der Waals surface area (Å²) in [5, 5.41) is 2.84. The molecule has 174 valence electrons. The molecular weight excluding hydrogens is 426 g/mol. The van der Waals surface area contributed by atoms with Gasteiger partial charge in [-0.1, -0.05) is 30.3 Å². The van der Waals surface area contributed by atoms with Gasteiger partial charge in [0.05, 0.1) is 12.9 Å². The van der Waals surface area contributed by atoms with Gasteiger partial charge in [0.25, 0.3) is 0 Å². The van der Waals surface area contributed by atoms with Gasteiger partial charge in [-0.15, -0.1) is 0 Å². The minimum absolute atomic E-state index is 0.0218. The standard InChI is InChI=1S/C24H33N3O4S/c1-31-23-13-11-22(12-14-23)26-16-18-27(19-17-26)32(29,30)20-6-15-25-24(28)10-5-9-21-7-3-2-4-8-21/h2-4,7-8,11-14H,5-6,9-10,15-20H2,1H3,(H,25,28). The third kappa shape index (κ3) is 7.24. The molecule has 1 amide bonds. The monoisotopic (exact) mass is 459 g/mol. The zero-order valence-electron chi connectivity index (χ0n) is 18.7. The van der Waals surface area contributed by atoms with E-state index in [9.17, 15) is 13.2 Å². The second-order valence-corrected chi connectivity index (χ2v) is 10.0. The summed E-state index contributed by atoms with van der Waals surface area (Å²) in [4.78, 5) is 14.2. The van der Waals surface area contributed by atoms with E-state index in [-0.39, 0.29) is 11.7 Å². The van der Waals surface area contributed by atoms with Crippen molar-refractivity contribution < 1.29 is 17.9 Å². The number of anilines is 1. The maximum absolute atomic E-state index is 12.7. The number of carbonyl (C=O) groups is 1. The molecule has 0 atom stereocenters. The molecule has 2 aromatic rings. The summed E-state index contributed by atoms with van der Waals surface area (Å²) in [6.45, 7) is 2.64. The zero-order chi connectivity index (χ0) is 22.8. The number of sulfonamides is 1. The number of ether oxygens (including phenoxy) is 1. The Bertz CT molecular complexity index is 941. The molecule has 0 aliphatic carbocycles. The van der Waals surface area contributed by atoms with Gasteiger partial charge in [-0.3, -0.25) is 4.79 Å². The molecule has 1 N–H and O–H groups in total. The van der Waals surface area contributed by atoms with Crippen LogP contribution in [0, 0.1) is 0 Å². The summed E-state index contributed by atoms with van der Waals surface area (Å²) < 4.78 is 32.1. The number of amides is 1. The van der Waals surface area contributed by atoms with E-state index in [4.69, 9.17) is 4.74 Å². The number of methoxy groups -OCH3 is 1. The van der Waals surface area contributed by atoms with E-state index >= 15 is 0 Å². The van der Waals surface area contributed by atoms with E-state index in [2.05, 4.69) is 22.3 Å². The van der Waals surface area contributed by atoms with Crippen LogP contribution in [0.4, 0.5) is 5.69 Å². The van der Waals surface area contributed by atoms with E-state index in [0.717, 1.165) is 24.3 Å². The zero-order valence-corrected chi connectivity index (χ0v) is 19.5. The fraction of sp³-hybridized carbons (Fsp3) is 0.458. The first kappa shape index (κ1) is 24.1. The first-order valence-electron chi connectivity index (χ1n) is 11.2. The van der Waals surface area contributed by atoms with Crippen molar-refractivity contribution in [3.05, 3.63) is 60.2 Å². The van der Waals surface area contributed by atoms with E-state index in [1.807, 2.05) is 42.5 Å². The van der Waals surface area contributed by atoms with Crippen LogP contribution in [0.15, 0.2) is 54.6 Å². The normalized spacial score (nSPS) is 14.8. The first-order chi connectivity index (χ1) is 15.5. The minimum atomic E-state index is -3.32. The predicted octanol–water partition coefficient (Wildman–Crippen LogP) is 2.68.